The van der Waals surface area contributed by atoms with Crippen molar-refractivity contribution in [3.05, 3.63) is 42.0 Å². The molecule has 1 aromatic carbocycles. The second kappa shape index (κ2) is 7.30. The topological polar surface area (TPSA) is 95.9 Å². The van der Waals surface area contributed by atoms with Crippen LogP contribution in [0, 0.1) is 0 Å². The molecule has 1 atom stereocenters. The summed E-state index contributed by atoms with van der Waals surface area (Å²) in [5, 5.41) is 21.4. The van der Waals surface area contributed by atoms with Crippen LogP contribution >= 0.6 is 0 Å². The minimum atomic E-state index is -1.06. The molecule has 1 unspecified atom stereocenters. The number of carboxylic acid groups (broad SMARTS) is 1. The Balaban J connectivity index is 2.49. The molecule has 3 N–H and O–H groups in total. The first-order valence-corrected chi connectivity index (χ1v) is 5.98. The Kier molecular flexibility index (Phi) is 5.74. The molecule has 6 heteroatoms. The summed E-state index contributed by atoms with van der Waals surface area (Å²) in [6.45, 7) is 4.81. The fourth-order valence-electron chi connectivity index (χ4n) is 1.41. The maximum Gasteiger partial charge on any atom is 0.337 e. The number of ether oxygens (including phenoxy) is 1. The first-order chi connectivity index (χ1) is 9.41. The van der Waals surface area contributed by atoms with Crippen LogP contribution in [-0.2, 0) is 9.53 Å². The maximum absolute atomic E-state index is 11.1. The maximum atomic E-state index is 11.1. The molecule has 0 amide bonds. The second-order valence-electron chi connectivity index (χ2n) is 4.26. The Morgan fingerprint density at radius 2 is 2.05 bits per heavy atom. The van der Waals surface area contributed by atoms with Crippen LogP contribution in [0.3, 0.4) is 0 Å². The van der Waals surface area contributed by atoms with Crippen LogP contribution in [0.4, 0.5) is 5.69 Å². The number of aliphatic hydroxyl groups is 1. The molecule has 0 spiro atoms. The molecule has 1 rings (SSSR count). The van der Waals surface area contributed by atoms with E-state index in [1.807, 2.05) is 0 Å². The van der Waals surface area contributed by atoms with Crippen LogP contribution < -0.4 is 5.32 Å². The smallest absolute Gasteiger partial charge is 0.337 e. The molecule has 0 heterocycles. The summed E-state index contributed by atoms with van der Waals surface area (Å²) >= 11 is 0. The van der Waals surface area contributed by atoms with E-state index in [4.69, 9.17) is 9.84 Å². The number of hydrogen-bond donors (Lipinski definition) is 3. The number of carbonyl (C=O) groups excluding carboxylic acids is 1. The number of aromatic carboxylic acids is 1. The van der Waals surface area contributed by atoms with Crippen LogP contribution in [0.2, 0.25) is 0 Å². The Bertz CT molecular complexity index is 512. The first-order valence-electron chi connectivity index (χ1n) is 5.98. The highest BCUT2D eigenvalue weighted by Crippen LogP contribution is 2.14. The molecule has 1 aromatic rings. The number of carbonyl (C=O) groups is 2. The van der Waals surface area contributed by atoms with Crippen molar-refractivity contribution in [3.63, 3.8) is 0 Å². The van der Waals surface area contributed by atoms with Gasteiger partial charge in [0.2, 0.25) is 0 Å². The monoisotopic (exact) mass is 279 g/mol. The number of para-hydroxylation sites is 1. The minimum absolute atomic E-state index is 0.0633. The van der Waals surface area contributed by atoms with E-state index < -0.39 is 18.0 Å². The van der Waals surface area contributed by atoms with Crippen molar-refractivity contribution < 1.29 is 24.5 Å². The van der Waals surface area contributed by atoms with E-state index in [1.54, 1.807) is 18.2 Å². The zero-order valence-corrected chi connectivity index (χ0v) is 11.1. The standard InChI is InChI=1S/C14H17NO5/c1-9(2)14(19)20-8-10(16)7-15-12-6-4-3-5-11(12)13(17)18/h3-6,10,15-16H,1,7-8H2,2H3,(H,17,18). The SMILES string of the molecule is C=C(C)C(=O)OCC(O)CNc1ccccc1C(=O)O. The summed E-state index contributed by atoms with van der Waals surface area (Å²) in [5.41, 5.74) is 0.755. The van der Waals surface area contributed by atoms with Crippen molar-refractivity contribution in [2.75, 3.05) is 18.5 Å². The Morgan fingerprint density at radius 3 is 2.65 bits per heavy atom. The number of rotatable bonds is 7. The average Bonchev–Trinajstić information content (AvgIpc) is 2.42. The lowest BCUT2D eigenvalue weighted by molar-refractivity contribution is -0.141. The van der Waals surface area contributed by atoms with E-state index in [9.17, 15) is 14.7 Å². The van der Waals surface area contributed by atoms with Crippen molar-refractivity contribution in [3.8, 4) is 0 Å². The van der Waals surface area contributed by atoms with Crippen molar-refractivity contribution in [2.45, 2.75) is 13.0 Å². The van der Waals surface area contributed by atoms with Gasteiger partial charge >= 0.3 is 11.9 Å². The fraction of sp³-hybridized carbons (Fsp3) is 0.286. The molecular weight excluding hydrogens is 262 g/mol. The van der Waals surface area contributed by atoms with E-state index in [-0.39, 0.29) is 24.3 Å². The molecule has 0 saturated heterocycles. The molecule has 108 valence electrons. The molecule has 0 fully saturated rings. The number of aliphatic hydroxyl groups excluding tert-OH is 1. The number of hydrogen-bond acceptors (Lipinski definition) is 5. The van der Waals surface area contributed by atoms with E-state index in [2.05, 4.69) is 11.9 Å². The zero-order chi connectivity index (χ0) is 15.1. The number of esters is 1. The summed E-state index contributed by atoms with van der Waals surface area (Å²) in [6, 6.07) is 6.34. The Morgan fingerprint density at radius 1 is 1.40 bits per heavy atom. The van der Waals surface area contributed by atoms with Gasteiger partial charge in [0.15, 0.2) is 0 Å². The van der Waals surface area contributed by atoms with E-state index in [1.165, 1.54) is 13.0 Å². The highest BCUT2D eigenvalue weighted by atomic mass is 16.5. The summed E-state index contributed by atoms with van der Waals surface area (Å²) in [7, 11) is 0. The van der Waals surface area contributed by atoms with Gasteiger partial charge in [-0.3, -0.25) is 0 Å². The quantitative estimate of drug-likeness (QED) is 0.514. The third kappa shape index (κ3) is 4.74. The summed E-state index contributed by atoms with van der Waals surface area (Å²) < 4.78 is 4.79. The van der Waals surface area contributed by atoms with Gasteiger partial charge in [-0.05, 0) is 19.1 Å². The van der Waals surface area contributed by atoms with Gasteiger partial charge in [0, 0.05) is 17.8 Å². The molecule has 0 aliphatic rings. The second-order valence-corrected chi connectivity index (χ2v) is 4.26. The Labute approximate surface area is 116 Å². The number of carboxylic acids is 1. The molecule has 0 aromatic heterocycles. The molecule has 0 aliphatic carbocycles. The zero-order valence-electron chi connectivity index (χ0n) is 11.1. The normalized spacial score (nSPS) is 11.5. The summed E-state index contributed by atoms with van der Waals surface area (Å²) in [5.74, 6) is -1.63. The van der Waals surface area contributed by atoms with Crippen LogP contribution in [0.5, 0.6) is 0 Å². The van der Waals surface area contributed by atoms with Gasteiger partial charge < -0.3 is 20.3 Å². The molecule has 0 radical (unpaired) electrons. The molecule has 0 bridgehead atoms. The average molecular weight is 279 g/mol. The van der Waals surface area contributed by atoms with Gasteiger partial charge in [-0.25, -0.2) is 9.59 Å². The minimum Gasteiger partial charge on any atom is -0.478 e. The highest BCUT2D eigenvalue weighted by Gasteiger charge is 2.12. The Hall–Kier alpha value is -2.34. The van der Waals surface area contributed by atoms with Crippen LogP contribution in [-0.4, -0.2) is 41.4 Å². The number of nitrogens with one attached hydrogen (secondary N) is 1. The first kappa shape index (κ1) is 15.7. The molecular formula is C14H17NO5. The summed E-state index contributed by atoms with van der Waals surface area (Å²) in [4.78, 5) is 22.1. The van der Waals surface area contributed by atoms with Crippen LogP contribution in [0.1, 0.15) is 17.3 Å². The number of anilines is 1. The fourth-order valence-corrected chi connectivity index (χ4v) is 1.41. The van der Waals surface area contributed by atoms with Crippen molar-refractivity contribution in [1.82, 2.24) is 0 Å². The van der Waals surface area contributed by atoms with Gasteiger partial charge in [-0.15, -0.1) is 0 Å². The molecule has 20 heavy (non-hydrogen) atoms. The highest BCUT2D eigenvalue weighted by molar-refractivity contribution is 5.94. The predicted molar refractivity (Wildman–Crippen MR) is 73.7 cm³/mol. The molecule has 0 saturated carbocycles. The van der Waals surface area contributed by atoms with Crippen molar-refractivity contribution in [2.24, 2.45) is 0 Å². The summed E-state index contributed by atoms with van der Waals surface area (Å²) in [6.07, 6.45) is -0.944. The largest absolute Gasteiger partial charge is 0.478 e. The lowest BCUT2D eigenvalue weighted by atomic mass is 10.2. The van der Waals surface area contributed by atoms with Crippen molar-refractivity contribution in [1.29, 1.82) is 0 Å². The van der Waals surface area contributed by atoms with Crippen LogP contribution in [0.15, 0.2) is 36.4 Å². The van der Waals surface area contributed by atoms with Gasteiger partial charge in [0.25, 0.3) is 0 Å². The third-order valence-electron chi connectivity index (χ3n) is 2.44. The molecule has 0 aliphatic heterocycles. The van der Waals surface area contributed by atoms with Crippen molar-refractivity contribution >= 4 is 17.6 Å². The van der Waals surface area contributed by atoms with E-state index in [0.717, 1.165) is 0 Å². The molecule has 6 nitrogen and oxygen atoms in total. The van der Waals surface area contributed by atoms with E-state index in [0.29, 0.717) is 5.69 Å². The van der Waals surface area contributed by atoms with Gasteiger partial charge in [-0.1, -0.05) is 18.7 Å². The number of benzene rings is 1. The van der Waals surface area contributed by atoms with Gasteiger partial charge in [0.05, 0.1) is 5.56 Å². The lowest BCUT2D eigenvalue weighted by Crippen LogP contribution is -2.27. The predicted octanol–water partition coefficient (Wildman–Crippen LogP) is 1.28. The third-order valence-corrected chi connectivity index (χ3v) is 2.44. The van der Waals surface area contributed by atoms with Crippen LogP contribution in [0.25, 0.3) is 0 Å². The van der Waals surface area contributed by atoms with Gasteiger partial charge in [0.1, 0.15) is 12.7 Å². The van der Waals surface area contributed by atoms with Gasteiger partial charge in [-0.2, -0.15) is 0 Å². The van der Waals surface area contributed by atoms with E-state index >= 15 is 0 Å². The lowest BCUT2D eigenvalue weighted by Gasteiger charge is -2.14.